The molecular weight excluding hydrogens is 314 g/mol. The summed E-state index contributed by atoms with van der Waals surface area (Å²) in [6.45, 7) is 6.51. The minimum absolute atomic E-state index is 0.0528. The van der Waals surface area contributed by atoms with Crippen molar-refractivity contribution in [3.8, 4) is 0 Å². The first-order valence-electron chi connectivity index (χ1n) is 8.33. The Morgan fingerprint density at radius 3 is 2.57 bits per heavy atom. The van der Waals surface area contributed by atoms with Crippen molar-refractivity contribution in [1.82, 2.24) is 9.80 Å². The molecule has 1 aromatic carbocycles. The van der Waals surface area contributed by atoms with E-state index < -0.39 is 0 Å². The van der Waals surface area contributed by atoms with Crippen LogP contribution >= 0.6 is 11.6 Å². The number of ether oxygens (including phenoxy) is 1. The summed E-state index contributed by atoms with van der Waals surface area (Å²) >= 11 is 6.09. The second-order valence-electron chi connectivity index (χ2n) is 6.25. The zero-order valence-electron chi connectivity index (χ0n) is 13.3. The molecule has 0 spiro atoms. The molecule has 6 heteroatoms. The number of urea groups is 1. The van der Waals surface area contributed by atoms with Crippen LogP contribution in [-0.4, -0.2) is 61.8 Å². The van der Waals surface area contributed by atoms with E-state index in [9.17, 15) is 4.79 Å². The summed E-state index contributed by atoms with van der Waals surface area (Å²) in [6, 6.07) is 7.28. The Morgan fingerprint density at radius 2 is 1.87 bits per heavy atom. The predicted octanol–water partition coefficient (Wildman–Crippen LogP) is 2.92. The molecule has 23 heavy (non-hydrogen) atoms. The summed E-state index contributed by atoms with van der Waals surface area (Å²) in [4.78, 5) is 16.7. The fourth-order valence-corrected chi connectivity index (χ4v) is 3.41. The van der Waals surface area contributed by atoms with Crippen LogP contribution in [0.2, 0.25) is 5.02 Å². The minimum atomic E-state index is -0.0528. The number of likely N-dealkylation sites (tertiary alicyclic amines) is 1. The van der Waals surface area contributed by atoms with Crippen molar-refractivity contribution in [2.24, 2.45) is 5.92 Å². The van der Waals surface area contributed by atoms with Gasteiger partial charge in [-0.05, 0) is 30.9 Å². The molecule has 2 aliphatic heterocycles. The molecule has 5 nitrogen and oxygen atoms in total. The summed E-state index contributed by atoms with van der Waals surface area (Å²) < 4.78 is 5.39. The number of benzene rings is 1. The van der Waals surface area contributed by atoms with E-state index in [0.29, 0.717) is 16.6 Å². The van der Waals surface area contributed by atoms with E-state index in [0.717, 1.165) is 58.8 Å². The van der Waals surface area contributed by atoms with Crippen molar-refractivity contribution in [3.05, 3.63) is 29.3 Å². The average molecular weight is 338 g/mol. The molecule has 0 unspecified atom stereocenters. The number of morpholine rings is 1. The largest absolute Gasteiger partial charge is 0.379 e. The number of halogens is 1. The van der Waals surface area contributed by atoms with Crippen LogP contribution in [-0.2, 0) is 4.74 Å². The predicted molar refractivity (Wildman–Crippen MR) is 92.0 cm³/mol. The highest BCUT2D eigenvalue weighted by Crippen LogP contribution is 2.23. The lowest BCUT2D eigenvalue weighted by molar-refractivity contribution is 0.0260. The number of hydrogen-bond acceptors (Lipinski definition) is 3. The first-order chi connectivity index (χ1) is 11.2. The van der Waals surface area contributed by atoms with Crippen LogP contribution in [0.3, 0.4) is 0 Å². The zero-order chi connectivity index (χ0) is 16.1. The lowest BCUT2D eigenvalue weighted by Gasteiger charge is -2.36. The first-order valence-corrected chi connectivity index (χ1v) is 8.71. The number of para-hydroxylation sites is 1. The zero-order valence-corrected chi connectivity index (χ0v) is 14.1. The molecule has 1 N–H and O–H groups in total. The number of anilines is 1. The van der Waals surface area contributed by atoms with Crippen LogP contribution in [0.5, 0.6) is 0 Å². The van der Waals surface area contributed by atoms with Gasteiger partial charge in [-0.2, -0.15) is 0 Å². The number of carbonyl (C=O) groups is 1. The molecule has 0 aromatic heterocycles. The number of nitrogens with one attached hydrogen (secondary N) is 1. The number of rotatable bonds is 3. The van der Waals surface area contributed by atoms with E-state index in [4.69, 9.17) is 16.3 Å². The summed E-state index contributed by atoms with van der Waals surface area (Å²) in [7, 11) is 0. The van der Waals surface area contributed by atoms with E-state index in [1.54, 1.807) is 6.07 Å². The number of nitrogens with zero attached hydrogens (tertiary/aromatic N) is 2. The Bertz CT molecular complexity index is 526. The highest BCUT2D eigenvalue weighted by molar-refractivity contribution is 6.33. The first kappa shape index (κ1) is 16.6. The molecule has 2 saturated heterocycles. The van der Waals surface area contributed by atoms with Crippen molar-refractivity contribution in [3.63, 3.8) is 0 Å². The Labute approximate surface area is 142 Å². The lowest BCUT2D eigenvalue weighted by Crippen LogP contribution is -2.45. The molecule has 0 bridgehead atoms. The van der Waals surface area contributed by atoms with Gasteiger partial charge in [0.25, 0.3) is 0 Å². The normalized spacial score (nSPS) is 20.5. The monoisotopic (exact) mass is 337 g/mol. The summed E-state index contributed by atoms with van der Waals surface area (Å²) in [6.07, 6.45) is 2.13. The fourth-order valence-electron chi connectivity index (χ4n) is 3.22. The van der Waals surface area contributed by atoms with E-state index in [1.807, 2.05) is 23.1 Å². The van der Waals surface area contributed by atoms with Crippen molar-refractivity contribution in [2.45, 2.75) is 12.8 Å². The molecule has 0 aliphatic carbocycles. The molecule has 2 amide bonds. The molecule has 1 aromatic rings. The Kier molecular flexibility index (Phi) is 5.75. The van der Waals surface area contributed by atoms with Crippen molar-refractivity contribution >= 4 is 23.3 Å². The topological polar surface area (TPSA) is 44.8 Å². The second kappa shape index (κ2) is 7.99. The highest BCUT2D eigenvalue weighted by Gasteiger charge is 2.25. The van der Waals surface area contributed by atoms with Gasteiger partial charge >= 0.3 is 6.03 Å². The van der Waals surface area contributed by atoms with Gasteiger partial charge in [-0.25, -0.2) is 4.79 Å². The van der Waals surface area contributed by atoms with E-state index in [2.05, 4.69) is 10.2 Å². The van der Waals surface area contributed by atoms with Gasteiger partial charge < -0.3 is 15.0 Å². The Morgan fingerprint density at radius 1 is 1.17 bits per heavy atom. The van der Waals surface area contributed by atoms with Crippen LogP contribution < -0.4 is 5.32 Å². The quantitative estimate of drug-likeness (QED) is 0.922. The third-order valence-corrected chi connectivity index (χ3v) is 4.97. The van der Waals surface area contributed by atoms with Gasteiger partial charge in [0.2, 0.25) is 0 Å². The van der Waals surface area contributed by atoms with Crippen molar-refractivity contribution < 1.29 is 9.53 Å². The van der Waals surface area contributed by atoms with Crippen molar-refractivity contribution in [2.75, 3.05) is 51.3 Å². The van der Waals surface area contributed by atoms with Crippen LogP contribution in [0.4, 0.5) is 10.5 Å². The minimum Gasteiger partial charge on any atom is -0.379 e. The van der Waals surface area contributed by atoms with Gasteiger partial charge in [0.05, 0.1) is 23.9 Å². The van der Waals surface area contributed by atoms with Gasteiger partial charge in [0, 0.05) is 32.7 Å². The summed E-state index contributed by atoms with van der Waals surface area (Å²) in [5.41, 5.74) is 0.676. The standard InChI is InChI=1S/C17H24ClN3O2/c18-15-3-1-2-4-16(15)19-17(22)21-7-5-14(6-8-21)13-20-9-11-23-12-10-20/h1-4,14H,5-13H2,(H,19,22). The molecule has 2 fully saturated rings. The smallest absolute Gasteiger partial charge is 0.321 e. The van der Waals surface area contributed by atoms with Gasteiger partial charge in [0.15, 0.2) is 0 Å². The number of hydrogen-bond donors (Lipinski definition) is 1. The van der Waals surface area contributed by atoms with Crippen molar-refractivity contribution in [1.29, 1.82) is 0 Å². The fraction of sp³-hybridized carbons (Fsp3) is 0.588. The second-order valence-corrected chi connectivity index (χ2v) is 6.66. The maximum Gasteiger partial charge on any atom is 0.321 e. The number of piperidine rings is 1. The molecule has 126 valence electrons. The number of carbonyl (C=O) groups excluding carboxylic acids is 1. The average Bonchev–Trinajstić information content (AvgIpc) is 2.58. The Balaban J connectivity index is 1.45. The van der Waals surface area contributed by atoms with Crippen LogP contribution in [0.1, 0.15) is 12.8 Å². The summed E-state index contributed by atoms with van der Waals surface area (Å²) in [5.74, 6) is 0.678. The van der Waals surface area contributed by atoms with Gasteiger partial charge in [-0.1, -0.05) is 23.7 Å². The molecule has 0 radical (unpaired) electrons. The highest BCUT2D eigenvalue weighted by atomic mass is 35.5. The molecule has 2 aliphatic rings. The summed E-state index contributed by atoms with van der Waals surface area (Å²) in [5, 5.41) is 3.48. The van der Waals surface area contributed by atoms with Crippen LogP contribution in [0.15, 0.2) is 24.3 Å². The molecule has 0 atom stereocenters. The van der Waals surface area contributed by atoms with Gasteiger partial charge in [-0.15, -0.1) is 0 Å². The third kappa shape index (κ3) is 4.59. The lowest BCUT2D eigenvalue weighted by atomic mass is 9.96. The maximum absolute atomic E-state index is 12.3. The third-order valence-electron chi connectivity index (χ3n) is 4.64. The SMILES string of the molecule is O=C(Nc1ccccc1Cl)N1CCC(CN2CCOCC2)CC1. The van der Waals surface area contributed by atoms with Crippen LogP contribution in [0, 0.1) is 5.92 Å². The van der Waals surface area contributed by atoms with Gasteiger partial charge in [0.1, 0.15) is 0 Å². The van der Waals surface area contributed by atoms with Gasteiger partial charge in [-0.3, -0.25) is 4.90 Å². The molecular formula is C17H24ClN3O2. The maximum atomic E-state index is 12.3. The van der Waals surface area contributed by atoms with Crippen LogP contribution in [0.25, 0.3) is 0 Å². The molecule has 3 rings (SSSR count). The van der Waals surface area contributed by atoms with E-state index in [1.165, 1.54) is 0 Å². The number of amides is 2. The molecule has 0 saturated carbocycles. The molecule has 2 heterocycles. The van der Waals surface area contributed by atoms with E-state index in [-0.39, 0.29) is 6.03 Å². The Hall–Kier alpha value is -1.30. The van der Waals surface area contributed by atoms with E-state index >= 15 is 0 Å².